The van der Waals surface area contributed by atoms with Crippen molar-refractivity contribution in [2.45, 2.75) is 33.6 Å². The number of hydrogen-bond donors (Lipinski definition) is 0. The van der Waals surface area contributed by atoms with Crippen LogP contribution in [-0.4, -0.2) is 12.6 Å². The monoisotopic (exact) mass is 182 g/mol. The SMILES string of the molecule is CCCC=CC=C(C)C(=O)OCC. The molecule has 0 bridgehead atoms. The van der Waals surface area contributed by atoms with Gasteiger partial charge in [-0.3, -0.25) is 0 Å². The van der Waals surface area contributed by atoms with Crippen molar-refractivity contribution in [3.05, 3.63) is 23.8 Å². The number of unbranched alkanes of at least 4 members (excludes halogenated alkanes) is 1. The molecule has 0 saturated carbocycles. The molecular weight excluding hydrogens is 164 g/mol. The van der Waals surface area contributed by atoms with Crippen LogP contribution in [0.25, 0.3) is 0 Å². The molecule has 0 atom stereocenters. The molecule has 0 aliphatic heterocycles. The smallest absolute Gasteiger partial charge is 0.333 e. The summed E-state index contributed by atoms with van der Waals surface area (Å²) in [5, 5.41) is 0. The van der Waals surface area contributed by atoms with Crippen LogP contribution in [0.4, 0.5) is 0 Å². The molecule has 0 aliphatic rings. The summed E-state index contributed by atoms with van der Waals surface area (Å²) in [6.07, 6.45) is 7.90. The molecule has 0 aromatic rings. The molecule has 0 rings (SSSR count). The molecule has 0 heterocycles. The molecule has 0 amide bonds. The maximum Gasteiger partial charge on any atom is 0.333 e. The van der Waals surface area contributed by atoms with E-state index in [0.717, 1.165) is 12.8 Å². The molecule has 13 heavy (non-hydrogen) atoms. The molecule has 2 nitrogen and oxygen atoms in total. The Bertz CT molecular complexity index is 202. The average molecular weight is 182 g/mol. The van der Waals surface area contributed by atoms with Crippen LogP contribution >= 0.6 is 0 Å². The van der Waals surface area contributed by atoms with Crippen LogP contribution in [0.2, 0.25) is 0 Å². The maximum atomic E-state index is 11.1. The predicted octanol–water partition coefficient (Wildman–Crippen LogP) is 2.85. The summed E-state index contributed by atoms with van der Waals surface area (Å²) < 4.78 is 4.82. The van der Waals surface area contributed by atoms with Gasteiger partial charge in [-0.15, -0.1) is 0 Å². The molecule has 0 radical (unpaired) electrons. The lowest BCUT2D eigenvalue weighted by Crippen LogP contribution is -2.04. The molecule has 0 aromatic heterocycles. The van der Waals surface area contributed by atoms with Crippen molar-refractivity contribution in [1.29, 1.82) is 0 Å². The standard InChI is InChI=1S/C11H18O2/c1-4-6-7-8-9-10(3)11(12)13-5-2/h7-9H,4-6H2,1-3H3. The summed E-state index contributed by atoms with van der Waals surface area (Å²) >= 11 is 0. The first-order chi connectivity index (χ1) is 6.22. The van der Waals surface area contributed by atoms with Crippen molar-refractivity contribution in [3.63, 3.8) is 0 Å². The highest BCUT2D eigenvalue weighted by Crippen LogP contribution is 1.98. The Hall–Kier alpha value is -1.05. The van der Waals surface area contributed by atoms with Gasteiger partial charge >= 0.3 is 5.97 Å². The van der Waals surface area contributed by atoms with Gasteiger partial charge in [0.25, 0.3) is 0 Å². The number of hydrogen-bond acceptors (Lipinski definition) is 2. The van der Waals surface area contributed by atoms with Crippen LogP contribution in [0, 0.1) is 0 Å². The van der Waals surface area contributed by atoms with Gasteiger partial charge in [0, 0.05) is 5.57 Å². The van der Waals surface area contributed by atoms with E-state index in [2.05, 4.69) is 6.92 Å². The summed E-state index contributed by atoms with van der Waals surface area (Å²) in [4.78, 5) is 11.1. The van der Waals surface area contributed by atoms with Crippen LogP contribution < -0.4 is 0 Å². The van der Waals surface area contributed by atoms with Crippen LogP contribution in [0.3, 0.4) is 0 Å². The molecule has 0 unspecified atom stereocenters. The summed E-state index contributed by atoms with van der Waals surface area (Å²) in [5.74, 6) is -0.233. The fourth-order valence-electron chi connectivity index (χ4n) is 0.788. The Morgan fingerprint density at radius 3 is 2.62 bits per heavy atom. The Morgan fingerprint density at radius 1 is 1.38 bits per heavy atom. The number of carbonyl (C=O) groups is 1. The van der Waals surface area contributed by atoms with Crippen LogP contribution in [0.1, 0.15) is 33.6 Å². The second-order valence-corrected chi connectivity index (χ2v) is 2.79. The Balaban J connectivity index is 3.93. The van der Waals surface area contributed by atoms with E-state index in [1.165, 1.54) is 0 Å². The highest BCUT2D eigenvalue weighted by Gasteiger charge is 2.01. The second kappa shape index (κ2) is 7.59. The van der Waals surface area contributed by atoms with Gasteiger partial charge < -0.3 is 4.74 Å². The number of esters is 1. The normalized spacial score (nSPS) is 12.1. The first-order valence-corrected chi connectivity index (χ1v) is 4.72. The van der Waals surface area contributed by atoms with Crippen molar-refractivity contribution in [2.24, 2.45) is 0 Å². The lowest BCUT2D eigenvalue weighted by molar-refractivity contribution is -0.138. The summed E-state index contributed by atoms with van der Waals surface area (Å²) in [6, 6.07) is 0. The average Bonchev–Trinajstić information content (AvgIpc) is 2.12. The largest absolute Gasteiger partial charge is 0.463 e. The number of ether oxygens (including phenoxy) is 1. The minimum atomic E-state index is -0.233. The molecule has 0 N–H and O–H groups in total. The molecule has 0 aliphatic carbocycles. The van der Waals surface area contributed by atoms with Crippen LogP contribution in [0.5, 0.6) is 0 Å². The fraction of sp³-hybridized carbons (Fsp3) is 0.545. The first-order valence-electron chi connectivity index (χ1n) is 4.72. The molecular formula is C11H18O2. The second-order valence-electron chi connectivity index (χ2n) is 2.79. The van der Waals surface area contributed by atoms with E-state index >= 15 is 0 Å². The van der Waals surface area contributed by atoms with Crippen molar-refractivity contribution in [1.82, 2.24) is 0 Å². The maximum absolute atomic E-state index is 11.1. The first kappa shape index (κ1) is 11.9. The zero-order valence-electron chi connectivity index (χ0n) is 8.67. The third kappa shape index (κ3) is 6.14. The molecule has 0 fully saturated rings. The van der Waals surface area contributed by atoms with Crippen molar-refractivity contribution < 1.29 is 9.53 Å². The zero-order chi connectivity index (χ0) is 10.1. The fourth-order valence-corrected chi connectivity index (χ4v) is 0.788. The number of carbonyl (C=O) groups excluding carboxylic acids is 1. The van der Waals surface area contributed by atoms with E-state index in [4.69, 9.17) is 4.74 Å². The minimum absolute atomic E-state index is 0.233. The summed E-state index contributed by atoms with van der Waals surface area (Å²) in [7, 11) is 0. The Labute approximate surface area is 80.3 Å². The number of rotatable bonds is 5. The van der Waals surface area contributed by atoms with E-state index in [1.807, 2.05) is 12.2 Å². The van der Waals surface area contributed by atoms with Crippen LogP contribution in [0.15, 0.2) is 23.8 Å². The Morgan fingerprint density at radius 2 is 2.08 bits per heavy atom. The lowest BCUT2D eigenvalue weighted by Gasteiger charge is -1.99. The minimum Gasteiger partial charge on any atom is -0.463 e. The topological polar surface area (TPSA) is 26.3 Å². The van der Waals surface area contributed by atoms with Gasteiger partial charge in [0.1, 0.15) is 0 Å². The van der Waals surface area contributed by atoms with Crippen molar-refractivity contribution >= 4 is 5.97 Å². The lowest BCUT2D eigenvalue weighted by atomic mass is 10.2. The molecule has 0 aromatic carbocycles. The zero-order valence-corrected chi connectivity index (χ0v) is 8.67. The van der Waals surface area contributed by atoms with Gasteiger partial charge in [0.2, 0.25) is 0 Å². The van der Waals surface area contributed by atoms with E-state index < -0.39 is 0 Å². The van der Waals surface area contributed by atoms with E-state index in [0.29, 0.717) is 12.2 Å². The van der Waals surface area contributed by atoms with Gasteiger partial charge in [-0.05, 0) is 20.3 Å². The van der Waals surface area contributed by atoms with E-state index in [1.54, 1.807) is 19.9 Å². The summed E-state index contributed by atoms with van der Waals surface area (Å²) in [6.45, 7) is 6.11. The highest BCUT2D eigenvalue weighted by molar-refractivity contribution is 5.88. The van der Waals surface area contributed by atoms with Gasteiger partial charge in [0.05, 0.1) is 6.61 Å². The van der Waals surface area contributed by atoms with E-state index in [9.17, 15) is 4.79 Å². The van der Waals surface area contributed by atoms with Crippen molar-refractivity contribution in [3.8, 4) is 0 Å². The van der Waals surface area contributed by atoms with Gasteiger partial charge in [-0.1, -0.05) is 31.6 Å². The van der Waals surface area contributed by atoms with E-state index in [-0.39, 0.29) is 5.97 Å². The quantitative estimate of drug-likeness (QED) is 0.371. The van der Waals surface area contributed by atoms with Gasteiger partial charge in [0.15, 0.2) is 0 Å². The molecule has 74 valence electrons. The molecule has 0 spiro atoms. The highest BCUT2D eigenvalue weighted by atomic mass is 16.5. The van der Waals surface area contributed by atoms with Crippen molar-refractivity contribution in [2.75, 3.05) is 6.61 Å². The van der Waals surface area contributed by atoms with Gasteiger partial charge in [-0.2, -0.15) is 0 Å². The molecule has 0 saturated heterocycles. The van der Waals surface area contributed by atoms with Gasteiger partial charge in [-0.25, -0.2) is 4.79 Å². The molecule has 2 heteroatoms. The van der Waals surface area contributed by atoms with Crippen LogP contribution in [-0.2, 0) is 9.53 Å². The third-order valence-electron chi connectivity index (χ3n) is 1.54. The summed E-state index contributed by atoms with van der Waals surface area (Å²) in [5.41, 5.74) is 0.647. The third-order valence-corrected chi connectivity index (χ3v) is 1.54. The predicted molar refractivity (Wildman–Crippen MR) is 54.4 cm³/mol. The number of allylic oxidation sites excluding steroid dienone is 3. The Kier molecular flexibility index (Phi) is 6.98.